The lowest BCUT2D eigenvalue weighted by atomic mass is 10.00. The van der Waals surface area contributed by atoms with Crippen LogP contribution < -0.4 is 5.32 Å². The van der Waals surface area contributed by atoms with E-state index >= 15 is 0 Å². The fourth-order valence-corrected chi connectivity index (χ4v) is 6.99. The van der Waals surface area contributed by atoms with Gasteiger partial charge in [-0.05, 0) is 64.2 Å². The van der Waals surface area contributed by atoms with Gasteiger partial charge in [0.05, 0.1) is 18.8 Å². The summed E-state index contributed by atoms with van der Waals surface area (Å²) < 4.78 is 0. The largest absolute Gasteiger partial charge is 0.394 e. The van der Waals surface area contributed by atoms with Crippen LogP contribution in [0.1, 0.15) is 232 Å². The van der Waals surface area contributed by atoms with Crippen LogP contribution in [0.25, 0.3) is 0 Å². The van der Waals surface area contributed by atoms with Crippen molar-refractivity contribution in [2.75, 3.05) is 6.61 Å². The number of aliphatic hydroxyl groups excluding tert-OH is 4. The zero-order valence-corrected chi connectivity index (χ0v) is 34.6. The molecular weight excluding hydrogens is 647 g/mol. The van der Waals surface area contributed by atoms with Gasteiger partial charge in [-0.25, -0.2) is 0 Å². The third-order valence-electron chi connectivity index (χ3n) is 10.6. The van der Waals surface area contributed by atoms with Gasteiger partial charge < -0.3 is 25.7 Å². The average Bonchev–Trinajstić information content (AvgIpc) is 3.15. The van der Waals surface area contributed by atoms with E-state index in [4.69, 9.17) is 0 Å². The summed E-state index contributed by atoms with van der Waals surface area (Å²) in [7, 11) is 0. The van der Waals surface area contributed by atoms with Crippen LogP contribution >= 0.6 is 0 Å². The topological polar surface area (TPSA) is 110 Å². The van der Waals surface area contributed by atoms with Crippen molar-refractivity contribution in [1.82, 2.24) is 5.32 Å². The molecule has 0 aliphatic carbocycles. The van der Waals surface area contributed by atoms with Crippen molar-refractivity contribution in [3.05, 3.63) is 24.3 Å². The molecule has 0 radical (unpaired) electrons. The van der Waals surface area contributed by atoms with Crippen molar-refractivity contribution in [3.63, 3.8) is 0 Å². The number of carbonyl (C=O) groups is 1. The summed E-state index contributed by atoms with van der Waals surface area (Å²) in [5.41, 5.74) is 0. The van der Waals surface area contributed by atoms with Crippen LogP contribution in [-0.4, -0.2) is 57.3 Å². The molecule has 308 valence electrons. The number of carbonyl (C=O) groups excluding carboxylic acids is 1. The Morgan fingerprint density at radius 2 is 0.788 bits per heavy atom. The molecule has 0 rings (SSSR count). The van der Waals surface area contributed by atoms with Gasteiger partial charge in [0.1, 0.15) is 12.2 Å². The third-order valence-corrected chi connectivity index (χ3v) is 10.6. The first kappa shape index (κ1) is 50.8. The summed E-state index contributed by atoms with van der Waals surface area (Å²) in [5.74, 6) is -0.597. The van der Waals surface area contributed by atoms with E-state index in [9.17, 15) is 25.2 Å². The maximum absolute atomic E-state index is 12.5. The second-order valence-corrected chi connectivity index (χ2v) is 15.7. The standard InChI is InChI=1S/C46H89NO5/c1-3-5-7-9-11-13-15-17-19-21-22-24-26-28-30-32-34-36-38-40-44(50)46(52)47-42(41-48)45(51)43(49)39-37-35-33-31-29-27-25-23-20-18-16-14-12-10-8-6-4-2/h22,24,31,33,42-45,48-51H,3-21,23,25-30,32,34-41H2,1-2H3,(H,47,52)/b24-22-,33-31+. The second-order valence-electron chi connectivity index (χ2n) is 15.7. The first-order chi connectivity index (χ1) is 25.5. The molecule has 6 nitrogen and oxygen atoms in total. The first-order valence-electron chi connectivity index (χ1n) is 22.7. The Balaban J connectivity index is 3.77. The van der Waals surface area contributed by atoms with Crippen molar-refractivity contribution >= 4 is 5.91 Å². The molecule has 0 aromatic carbocycles. The van der Waals surface area contributed by atoms with E-state index in [2.05, 4.69) is 43.5 Å². The molecule has 5 N–H and O–H groups in total. The highest BCUT2D eigenvalue weighted by Crippen LogP contribution is 2.15. The number of allylic oxidation sites excluding steroid dienone is 4. The maximum atomic E-state index is 12.5. The summed E-state index contributed by atoms with van der Waals surface area (Å²) in [6, 6.07) is -1.00. The van der Waals surface area contributed by atoms with Crippen molar-refractivity contribution < 1.29 is 25.2 Å². The summed E-state index contributed by atoms with van der Waals surface area (Å²) in [6.45, 7) is 4.04. The number of amides is 1. The van der Waals surface area contributed by atoms with Crippen LogP contribution in [0, 0.1) is 0 Å². The van der Waals surface area contributed by atoms with Crippen molar-refractivity contribution in [3.8, 4) is 0 Å². The molecule has 0 aromatic heterocycles. The lowest BCUT2D eigenvalue weighted by Crippen LogP contribution is -2.53. The molecule has 0 fully saturated rings. The monoisotopic (exact) mass is 736 g/mol. The number of rotatable bonds is 41. The molecule has 52 heavy (non-hydrogen) atoms. The number of nitrogens with one attached hydrogen (secondary N) is 1. The van der Waals surface area contributed by atoms with E-state index in [0.717, 1.165) is 44.9 Å². The molecule has 4 unspecified atom stereocenters. The first-order valence-corrected chi connectivity index (χ1v) is 22.7. The van der Waals surface area contributed by atoms with Gasteiger partial charge in [0.15, 0.2) is 0 Å². The predicted molar refractivity (Wildman–Crippen MR) is 224 cm³/mol. The van der Waals surface area contributed by atoms with Gasteiger partial charge >= 0.3 is 0 Å². The Bertz CT molecular complexity index is 787. The summed E-state index contributed by atoms with van der Waals surface area (Å²) >= 11 is 0. The molecule has 0 spiro atoms. The molecule has 0 aliphatic rings. The third kappa shape index (κ3) is 34.6. The van der Waals surface area contributed by atoms with Gasteiger partial charge in [-0.1, -0.05) is 192 Å². The Hall–Kier alpha value is -1.21. The molecular formula is C46H89NO5. The van der Waals surface area contributed by atoms with E-state index in [-0.39, 0.29) is 0 Å². The van der Waals surface area contributed by atoms with Crippen LogP contribution in [-0.2, 0) is 4.79 Å². The maximum Gasteiger partial charge on any atom is 0.249 e. The zero-order chi connectivity index (χ0) is 38.2. The lowest BCUT2D eigenvalue weighted by Gasteiger charge is -2.27. The van der Waals surface area contributed by atoms with Crippen molar-refractivity contribution in [1.29, 1.82) is 0 Å². The lowest BCUT2D eigenvalue weighted by molar-refractivity contribution is -0.132. The highest BCUT2D eigenvalue weighted by molar-refractivity contribution is 5.80. The fraction of sp³-hybridized carbons (Fsp3) is 0.891. The molecule has 0 aromatic rings. The summed E-state index contributed by atoms with van der Waals surface area (Å²) in [6.07, 6.45) is 46.4. The molecule has 0 heterocycles. The Morgan fingerprint density at radius 1 is 0.462 bits per heavy atom. The molecule has 1 amide bonds. The van der Waals surface area contributed by atoms with Crippen molar-refractivity contribution in [2.45, 2.75) is 257 Å². The van der Waals surface area contributed by atoms with E-state index in [1.165, 1.54) is 161 Å². The number of hydrogen-bond acceptors (Lipinski definition) is 5. The predicted octanol–water partition coefficient (Wildman–Crippen LogP) is 12.0. The molecule has 0 bridgehead atoms. The highest BCUT2D eigenvalue weighted by atomic mass is 16.3. The Morgan fingerprint density at radius 3 is 1.15 bits per heavy atom. The normalized spacial score (nSPS) is 14.3. The van der Waals surface area contributed by atoms with E-state index < -0.39 is 36.9 Å². The average molecular weight is 736 g/mol. The van der Waals surface area contributed by atoms with Gasteiger partial charge in [-0.2, -0.15) is 0 Å². The molecule has 4 atom stereocenters. The van der Waals surface area contributed by atoms with Crippen LogP contribution in [0.3, 0.4) is 0 Å². The Kier molecular flexibility index (Phi) is 40.0. The molecule has 0 saturated heterocycles. The van der Waals surface area contributed by atoms with Crippen LogP contribution in [0.2, 0.25) is 0 Å². The zero-order valence-electron chi connectivity index (χ0n) is 34.6. The summed E-state index contributed by atoms with van der Waals surface area (Å²) in [5, 5.41) is 43.7. The van der Waals surface area contributed by atoms with Crippen molar-refractivity contribution in [2.24, 2.45) is 0 Å². The molecule has 0 saturated carbocycles. The smallest absolute Gasteiger partial charge is 0.249 e. The van der Waals surface area contributed by atoms with Crippen LogP contribution in [0.15, 0.2) is 24.3 Å². The van der Waals surface area contributed by atoms with Gasteiger partial charge in [-0.3, -0.25) is 4.79 Å². The minimum absolute atomic E-state index is 0.357. The van der Waals surface area contributed by atoms with Gasteiger partial charge in [0, 0.05) is 0 Å². The highest BCUT2D eigenvalue weighted by Gasteiger charge is 2.28. The quantitative estimate of drug-likeness (QED) is 0.0317. The van der Waals surface area contributed by atoms with Gasteiger partial charge in [-0.15, -0.1) is 0 Å². The molecule has 6 heteroatoms. The van der Waals surface area contributed by atoms with Crippen LogP contribution in [0.5, 0.6) is 0 Å². The summed E-state index contributed by atoms with van der Waals surface area (Å²) in [4.78, 5) is 12.5. The van der Waals surface area contributed by atoms with E-state index in [0.29, 0.717) is 12.8 Å². The second kappa shape index (κ2) is 41.0. The SMILES string of the molecule is CCCCCCCCCCC/C=C\CCCCCCCCC(O)C(=O)NC(CO)C(O)C(O)CCC/C=C/CCCCCCCCCCCCCC. The van der Waals surface area contributed by atoms with Crippen LogP contribution in [0.4, 0.5) is 0 Å². The number of aliphatic hydroxyl groups is 4. The number of unbranched alkanes of at least 4 members (excludes halogenated alkanes) is 28. The minimum Gasteiger partial charge on any atom is -0.394 e. The van der Waals surface area contributed by atoms with E-state index in [1.807, 2.05) is 0 Å². The molecule has 0 aliphatic heterocycles. The van der Waals surface area contributed by atoms with Gasteiger partial charge in [0.2, 0.25) is 5.91 Å². The van der Waals surface area contributed by atoms with Gasteiger partial charge in [0.25, 0.3) is 0 Å². The fourth-order valence-electron chi connectivity index (χ4n) is 6.99. The van der Waals surface area contributed by atoms with E-state index in [1.54, 1.807) is 0 Å². The Labute approximate surface area is 323 Å². The minimum atomic E-state index is -1.28. The number of hydrogen-bond donors (Lipinski definition) is 5.